The highest BCUT2D eigenvalue weighted by atomic mass is 16.6. The summed E-state index contributed by atoms with van der Waals surface area (Å²) in [6, 6.07) is 14.2. The van der Waals surface area contributed by atoms with Gasteiger partial charge >= 0.3 is 0 Å². The van der Waals surface area contributed by atoms with Crippen molar-refractivity contribution in [3.8, 4) is 0 Å². The van der Waals surface area contributed by atoms with E-state index in [1.807, 2.05) is 35.2 Å². The molecule has 0 bridgehead atoms. The second-order valence-corrected chi connectivity index (χ2v) is 7.89. The van der Waals surface area contributed by atoms with E-state index in [1.165, 1.54) is 6.07 Å². The van der Waals surface area contributed by atoms with Crippen LogP contribution in [0.1, 0.15) is 23.2 Å². The molecule has 2 aromatic carbocycles. The molecule has 1 saturated carbocycles. The highest BCUT2D eigenvalue weighted by Gasteiger charge is 2.28. The van der Waals surface area contributed by atoms with E-state index in [2.05, 4.69) is 10.6 Å². The minimum Gasteiger partial charge on any atom is -0.377 e. The zero-order valence-corrected chi connectivity index (χ0v) is 17.1. The van der Waals surface area contributed by atoms with E-state index in [0.717, 1.165) is 18.5 Å². The molecule has 9 nitrogen and oxygen atoms in total. The normalized spacial score (nSPS) is 16.6. The van der Waals surface area contributed by atoms with Crippen molar-refractivity contribution in [3.63, 3.8) is 0 Å². The second kappa shape index (κ2) is 9.13. The molecule has 0 atom stereocenters. The summed E-state index contributed by atoms with van der Waals surface area (Å²) in [5.74, 6) is -0.324. The van der Waals surface area contributed by atoms with Crippen LogP contribution in [-0.4, -0.2) is 65.3 Å². The van der Waals surface area contributed by atoms with Gasteiger partial charge in [0.2, 0.25) is 5.91 Å². The van der Waals surface area contributed by atoms with Gasteiger partial charge in [0.25, 0.3) is 11.6 Å². The van der Waals surface area contributed by atoms with Gasteiger partial charge in [0.1, 0.15) is 5.69 Å². The number of carbonyl (C=O) groups excluding carboxylic acids is 2. The number of nitro groups is 1. The lowest BCUT2D eigenvalue weighted by Crippen LogP contribution is -2.50. The fraction of sp³-hybridized carbons (Fsp3) is 0.364. The number of rotatable bonds is 7. The third-order valence-corrected chi connectivity index (χ3v) is 5.46. The standard InChI is InChI=1S/C22H25N5O4/c28-21(24-17-4-2-1-3-5-17)15-25-10-12-26(13-11-25)22(29)16-6-9-19(23-18-7-8-18)20(14-16)27(30)31/h1-6,9,14,18,23H,7-8,10-13,15H2,(H,24,28). The number of para-hydroxylation sites is 1. The van der Waals surface area contributed by atoms with Crippen LogP contribution in [0, 0.1) is 10.1 Å². The van der Waals surface area contributed by atoms with Crippen LogP contribution in [-0.2, 0) is 4.79 Å². The molecule has 2 N–H and O–H groups in total. The molecule has 1 aliphatic carbocycles. The average molecular weight is 423 g/mol. The molecule has 31 heavy (non-hydrogen) atoms. The minimum atomic E-state index is -0.454. The maximum absolute atomic E-state index is 12.9. The van der Waals surface area contributed by atoms with Gasteiger partial charge in [-0.3, -0.25) is 24.6 Å². The predicted octanol–water partition coefficient (Wildman–Crippen LogP) is 2.57. The summed E-state index contributed by atoms with van der Waals surface area (Å²) >= 11 is 0. The molecule has 9 heteroatoms. The molecule has 0 aromatic heterocycles. The quantitative estimate of drug-likeness (QED) is 0.524. The number of nitro benzene ring substituents is 1. The van der Waals surface area contributed by atoms with Crippen molar-refractivity contribution in [1.29, 1.82) is 0 Å². The third kappa shape index (κ3) is 5.37. The molecule has 2 aliphatic rings. The van der Waals surface area contributed by atoms with Crippen LogP contribution in [0.2, 0.25) is 0 Å². The highest BCUT2D eigenvalue weighted by Crippen LogP contribution is 2.31. The van der Waals surface area contributed by atoms with Crippen LogP contribution in [0.25, 0.3) is 0 Å². The molecule has 1 heterocycles. The van der Waals surface area contributed by atoms with Crippen LogP contribution in [0.3, 0.4) is 0 Å². The maximum Gasteiger partial charge on any atom is 0.293 e. The molecular formula is C22H25N5O4. The molecule has 2 amide bonds. The summed E-state index contributed by atoms with van der Waals surface area (Å²) in [5, 5.41) is 17.4. The number of nitrogens with zero attached hydrogens (tertiary/aromatic N) is 3. The number of carbonyl (C=O) groups is 2. The number of nitrogens with one attached hydrogen (secondary N) is 2. The zero-order valence-electron chi connectivity index (χ0n) is 17.1. The second-order valence-electron chi connectivity index (χ2n) is 7.89. The van der Waals surface area contributed by atoms with E-state index in [9.17, 15) is 19.7 Å². The Morgan fingerprint density at radius 2 is 1.74 bits per heavy atom. The van der Waals surface area contributed by atoms with Crippen LogP contribution in [0.15, 0.2) is 48.5 Å². The van der Waals surface area contributed by atoms with E-state index in [4.69, 9.17) is 0 Å². The summed E-state index contributed by atoms with van der Waals surface area (Å²) in [5.41, 5.74) is 1.44. The topological polar surface area (TPSA) is 108 Å². The van der Waals surface area contributed by atoms with Gasteiger partial charge < -0.3 is 15.5 Å². The summed E-state index contributed by atoms with van der Waals surface area (Å²) in [7, 11) is 0. The molecule has 0 spiro atoms. The Hall–Kier alpha value is -3.46. The van der Waals surface area contributed by atoms with Crippen molar-refractivity contribution in [2.45, 2.75) is 18.9 Å². The Kier molecular flexibility index (Phi) is 6.13. The molecule has 2 aromatic rings. The summed E-state index contributed by atoms with van der Waals surface area (Å²) in [6.45, 7) is 2.32. The SMILES string of the molecule is O=C(CN1CCN(C(=O)c2ccc(NC3CC3)c([N+](=O)[O-])c2)CC1)Nc1ccccc1. The molecular weight excluding hydrogens is 398 g/mol. The number of piperazine rings is 1. The van der Waals surface area contributed by atoms with Crippen molar-refractivity contribution in [2.24, 2.45) is 0 Å². The lowest BCUT2D eigenvalue weighted by atomic mass is 10.1. The Morgan fingerprint density at radius 3 is 2.39 bits per heavy atom. The van der Waals surface area contributed by atoms with Crippen LogP contribution < -0.4 is 10.6 Å². The third-order valence-electron chi connectivity index (χ3n) is 5.46. The summed E-state index contributed by atoms with van der Waals surface area (Å²) in [6.07, 6.45) is 2.01. The van der Waals surface area contributed by atoms with E-state index < -0.39 is 4.92 Å². The average Bonchev–Trinajstić information content (AvgIpc) is 3.58. The number of anilines is 2. The Bertz CT molecular complexity index is 969. The van der Waals surface area contributed by atoms with Crippen molar-refractivity contribution in [2.75, 3.05) is 43.4 Å². The molecule has 162 valence electrons. The smallest absolute Gasteiger partial charge is 0.293 e. The first-order chi connectivity index (χ1) is 15.0. The summed E-state index contributed by atoms with van der Waals surface area (Å²) < 4.78 is 0. The van der Waals surface area contributed by atoms with Gasteiger partial charge in [-0.2, -0.15) is 0 Å². The molecule has 1 aliphatic heterocycles. The van der Waals surface area contributed by atoms with Gasteiger partial charge in [0.05, 0.1) is 11.5 Å². The molecule has 0 radical (unpaired) electrons. The predicted molar refractivity (Wildman–Crippen MR) is 117 cm³/mol. The lowest BCUT2D eigenvalue weighted by molar-refractivity contribution is -0.384. The fourth-order valence-electron chi connectivity index (χ4n) is 3.60. The van der Waals surface area contributed by atoms with Crippen molar-refractivity contribution in [3.05, 3.63) is 64.2 Å². The van der Waals surface area contributed by atoms with Gasteiger partial charge in [-0.15, -0.1) is 0 Å². The first-order valence-electron chi connectivity index (χ1n) is 10.4. The van der Waals surface area contributed by atoms with Gasteiger partial charge in [0, 0.05) is 49.5 Å². The number of benzene rings is 2. The van der Waals surface area contributed by atoms with Gasteiger partial charge in [-0.1, -0.05) is 18.2 Å². The fourth-order valence-corrected chi connectivity index (χ4v) is 3.60. The minimum absolute atomic E-state index is 0.0750. The first-order valence-corrected chi connectivity index (χ1v) is 10.4. The van der Waals surface area contributed by atoms with Gasteiger partial charge in [0.15, 0.2) is 0 Å². The number of hydrogen-bond donors (Lipinski definition) is 2. The molecule has 0 unspecified atom stereocenters. The zero-order chi connectivity index (χ0) is 21.8. The number of amides is 2. The van der Waals surface area contributed by atoms with Crippen LogP contribution in [0.4, 0.5) is 17.1 Å². The Balaban J connectivity index is 1.32. The highest BCUT2D eigenvalue weighted by molar-refractivity contribution is 5.96. The largest absolute Gasteiger partial charge is 0.377 e. The monoisotopic (exact) mass is 423 g/mol. The van der Waals surface area contributed by atoms with Gasteiger partial charge in [-0.25, -0.2) is 0 Å². The number of hydrogen-bond acceptors (Lipinski definition) is 6. The van der Waals surface area contributed by atoms with Crippen molar-refractivity contribution in [1.82, 2.24) is 9.80 Å². The molecule has 2 fully saturated rings. The van der Waals surface area contributed by atoms with Gasteiger partial charge in [-0.05, 0) is 37.1 Å². The lowest BCUT2D eigenvalue weighted by Gasteiger charge is -2.34. The molecule has 4 rings (SSSR count). The van der Waals surface area contributed by atoms with E-state index >= 15 is 0 Å². The Labute approximate surface area is 180 Å². The van der Waals surface area contributed by atoms with E-state index in [-0.39, 0.29) is 30.1 Å². The Morgan fingerprint density at radius 1 is 1.03 bits per heavy atom. The van der Waals surface area contributed by atoms with Crippen molar-refractivity contribution >= 4 is 28.9 Å². The van der Waals surface area contributed by atoms with Crippen molar-refractivity contribution < 1.29 is 14.5 Å². The summed E-state index contributed by atoms with van der Waals surface area (Å²) in [4.78, 5) is 39.8. The van der Waals surface area contributed by atoms with E-state index in [0.29, 0.717) is 37.4 Å². The van der Waals surface area contributed by atoms with Crippen LogP contribution >= 0.6 is 0 Å². The van der Waals surface area contributed by atoms with Crippen LogP contribution in [0.5, 0.6) is 0 Å². The van der Waals surface area contributed by atoms with E-state index in [1.54, 1.807) is 17.0 Å². The molecule has 1 saturated heterocycles. The maximum atomic E-state index is 12.9. The first kappa shape index (κ1) is 20.8.